The topological polar surface area (TPSA) is 35.5 Å². The molecule has 0 aliphatic rings. The lowest BCUT2D eigenvalue weighted by Crippen LogP contribution is -2.07. The highest BCUT2D eigenvalue weighted by Crippen LogP contribution is 2.28. The number of rotatable bonds is 5. The van der Waals surface area contributed by atoms with Crippen molar-refractivity contribution in [1.29, 1.82) is 0 Å². The third-order valence-corrected chi connectivity index (χ3v) is 3.37. The van der Waals surface area contributed by atoms with Crippen LogP contribution in [-0.4, -0.2) is 20.0 Å². The van der Waals surface area contributed by atoms with Crippen LogP contribution in [0.2, 0.25) is 5.02 Å². The molecule has 0 aliphatic heterocycles. The zero-order valence-corrected chi connectivity index (χ0v) is 12.4. The fourth-order valence-electron chi connectivity index (χ4n) is 2.03. The molecular weight excluding hydrogens is 295 g/mol. The summed E-state index contributed by atoms with van der Waals surface area (Å²) >= 11 is 5.89. The second kappa shape index (κ2) is 6.59. The SMILES string of the molecule is COc1ccc(CC(=O)c2c(F)cccc2Cl)cc1OC. The van der Waals surface area contributed by atoms with Gasteiger partial charge in [-0.1, -0.05) is 23.7 Å². The average molecular weight is 309 g/mol. The molecule has 0 bridgehead atoms. The van der Waals surface area contributed by atoms with Gasteiger partial charge < -0.3 is 9.47 Å². The van der Waals surface area contributed by atoms with Gasteiger partial charge in [-0.15, -0.1) is 0 Å². The summed E-state index contributed by atoms with van der Waals surface area (Å²) in [6, 6.07) is 9.29. The van der Waals surface area contributed by atoms with Gasteiger partial charge in [-0.05, 0) is 29.8 Å². The van der Waals surface area contributed by atoms with Crippen molar-refractivity contribution in [2.24, 2.45) is 0 Å². The highest BCUT2D eigenvalue weighted by Gasteiger charge is 2.17. The van der Waals surface area contributed by atoms with E-state index in [1.54, 1.807) is 18.2 Å². The van der Waals surface area contributed by atoms with Gasteiger partial charge in [0.1, 0.15) is 5.82 Å². The summed E-state index contributed by atoms with van der Waals surface area (Å²) in [4.78, 5) is 12.2. The van der Waals surface area contributed by atoms with Crippen LogP contribution in [0.1, 0.15) is 15.9 Å². The smallest absolute Gasteiger partial charge is 0.171 e. The fraction of sp³-hybridized carbons (Fsp3) is 0.188. The van der Waals surface area contributed by atoms with E-state index in [1.807, 2.05) is 0 Å². The van der Waals surface area contributed by atoms with Crippen molar-refractivity contribution in [1.82, 2.24) is 0 Å². The Balaban J connectivity index is 2.28. The van der Waals surface area contributed by atoms with Gasteiger partial charge in [-0.2, -0.15) is 0 Å². The lowest BCUT2D eigenvalue weighted by atomic mass is 10.0. The minimum Gasteiger partial charge on any atom is -0.493 e. The zero-order valence-electron chi connectivity index (χ0n) is 11.7. The highest BCUT2D eigenvalue weighted by molar-refractivity contribution is 6.34. The molecule has 0 heterocycles. The Bertz CT molecular complexity index is 650. The molecule has 0 radical (unpaired) electrons. The average Bonchev–Trinajstić information content (AvgIpc) is 2.46. The quantitative estimate of drug-likeness (QED) is 0.785. The van der Waals surface area contributed by atoms with E-state index in [2.05, 4.69) is 0 Å². The Morgan fingerprint density at radius 1 is 1.14 bits per heavy atom. The standard InChI is InChI=1S/C16H14ClFO3/c1-20-14-7-6-10(9-15(14)21-2)8-13(19)16-11(17)4-3-5-12(16)18/h3-7,9H,8H2,1-2H3. The minimum atomic E-state index is -0.618. The molecule has 2 rings (SSSR count). The molecule has 2 aromatic carbocycles. The van der Waals surface area contributed by atoms with E-state index >= 15 is 0 Å². The fourth-order valence-corrected chi connectivity index (χ4v) is 2.30. The lowest BCUT2D eigenvalue weighted by molar-refractivity contribution is 0.0989. The van der Waals surface area contributed by atoms with E-state index in [1.165, 1.54) is 32.4 Å². The Morgan fingerprint density at radius 3 is 2.48 bits per heavy atom. The van der Waals surface area contributed by atoms with Crippen molar-refractivity contribution in [2.75, 3.05) is 14.2 Å². The first-order chi connectivity index (χ1) is 10.1. The van der Waals surface area contributed by atoms with Gasteiger partial charge in [0.2, 0.25) is 0 Å². The maximum atomic E-state index is 13.7. The summed E-state index contributed by atoms with van der Waals surface area (Å²) < 4.78 is 24.0. The number of Topliss-reactive ketones (excluding diaryl/α,β-unsaturated/α-hetero) is 1. The van der Waals surface area contributed by atoms with Crippen molar-refractivity contribution < 1.29 is 18.7 Å². The van der Waals surface area contributed by atoms with E-state index in [9.17, 15) is 9.18 Å². The van der Waals surface area contributed by atoms with Crippen LogP contribution in [0.15, 0.2) is 36.4 Å². The molecule has 0 unspecified atom stereocenters. The Kier molecular flexibility index (Phi) is 4.81. The van der Waals surface area contributed by atoms with E-state index < -0.39 is 5.82 Å². The Labute approximate surface area is 127 Å². The molecule has 0 saturated heterocycles. The third-order valence-electron chi connectivity index (χ3n) is 3.05. The number of hydrogen-bond acceptors (Lipinski definition) is 3. The van der Waals surface area contributed by atoms with Crippen molar-refractivity contribution in [3.05, 3.63) is 58.4 Å². The molecular formula is C16H14ClFO3. The van der Waals surface area contributed by atoms with Crippen LogP contribution in [-0.2, 0) is 6.42 Å². The molecule has 0 amide bonds. The predicted molar refractivity (Wildman–Crippen MR) is 79.0 cm³/mol. The summed E-state index contributed by atoms with van der Waals surface area (Å²) in [5, 5.41) is 0.112. The number of methoxy groups -OCH3 is 2. The van der Waals surface area contributed by atoms with Crippen molar-refractivity contribution in [3.63, 3.8) is 0 Å². The molecule has 0 aromatic heterocycles. The lowest BCUT2D eigenvalue weighted by Gasteiger charge is -2.10. The first-order valence-electron chi connectivity index (χ1n) is 6.25. The van der Waals surface area contributed by atoms with Crippen LogP contribution in [0.25, 0.3) is 0 Å². The molecule has 0 aliphatic carbocycles. The van der Waals surface area contributed by atoms with Crippen molar-refractivity contribution in [2.45, 2.75) is 6.42 Å². The van der Waals surface area contributed by atoms with Crippen LogP contribution in [0, 0.1) is 5.82 Å². The number of hydrogen-bond donors (Lipinski definition) is 0. The van der Waals surface area contributed by atoms with Gasteiger partial charge in [-0.25, -0.2) is 4.39 Å². The molecule has 21 heavy (non-hydrogen) atoms. The normalized spacial score (nSPS) is 10.3. The van der Waals surface area contributed by atoms with Gasteiger partial charge in [0, 0.05) is 6.42 Å². The number of ether oxygens (including phenoxy) is 2. The molecule has 0 atom stereocenters. The molecule has 0 fully saturated rings. The Morgan fingerprint density at radius 2 is 1.86 bits per heavy atom. The highest BCUT2D eigenvalue weighted by atomic mass is 35.5. The second-order valence-corrected chi connectivity index (χ2v) is 4.79. The molecule has 3 nitrogen and oxygen atoms in total. The van der Waals surface area contributed by atoms with E-state index in [0.717, 1.165) is 0 Å². The maximum absolute atomic E-state index is 13.7. The largest absolute Gasteiger partial charge is 0.493 e. The van der Waals surface area contributed by atoms with Crippen LogP contribution >= 0.6 is 11.6 Å². The molecule has 110 valence electrons. The number of carbonyl (C=O) groups excluding carboxylic acids is 1. The molecule has 2 aromatic rings. The van der Waals surface area contributed by atoms with Gasteiger partial charge in [0.25, 0.3) is 0 Å². The summed E-state index contributed by atoms with van der Waals surface area (Å²) in [7, 11) is 3.04. The Hall–Kier alpha value is -2.07. The second-order valence-electron chi connectivity index (χ2n) is 4.39. The number of ketones is 1. The van der Waals surface area contributed by atoms with Crippen molar-refractivity contribution in [3.8, 4) is 11.5 Å². The third kappa shape index (κ3) is 3.34. The van der Waals surface area contributed by atoms with E-state index in [-0.39, 0.29) is 22.8 Å². The summed E-state index contributed by atoms with van der Waals surface area (Å²) in [5.41, 5.74) is 0.603. The monoisotopic (exact) mass is 308 g/mol. The molecule has 5 heteroatoms. The molecule has 0 saturated carbocycles. The maximum Gasteiger partial charge on any atom is 0.171 e. The van der Waals surface area contributed by atoms with Crippen molar-refractivity contribution >= 4 is 17.4 Å². The number of carbonyl (C=O) groups is 1. The van der Waals surface area contributed by atoms with Crippen LogP contribution < -0.4 is 9.47 Å². The molecule has 0 spiro atoms. The minimum absolute atomic E-state index is 0.0288. The van der Waals surface area contributed by atoms with Crippen LogP contribution in [0.4, 0.5) is 4.39 Å². The van der Waals surface area contributed by atoms with Gasteiger partial charge in [0.05, 0.1) is 24.8 Å². The van der Waals surface area contributed by atoms with E-state index in [0.29, 0.717) is 17.1 Å². The zero-order chi connectivity index (χ0) is 15.4. The van der Waals surface area contributed by atoms with Crippen LogP contribution in [0.5, 0.6) is 11.5 Å². The first-order valence-corrected chi connectivity index (χ1v) is 6.62. The van der Waals surface area contributed by atoms with Gasteiger partial charge >= 0.3 is 0 Å². The van der Waals surface area contributed by atoms with Gasteiger partial charge in [-0.3, -0.25) is 4.79 Å². The predicted octanol–water partition coefficient (Wildman–Crippen LogP) is 3.92. The first kappa shape index (κ1) is 15.3. The summed E-state index contributed by atoms with van der Waals surface area (Å²) in [6.45, 7) is 0. The number of halogens is 2. The molecule has 0 N–H and O–H groups in total. The summed E-state index contributed by atoms with van der Waals surface area (Å²) in [6.07, 6.45) is 0.0288. The summed E-state index contributed by atoms with van der Waals surface area (Å²) in [5.74, 6) is 0.0818. The van der Waals surface area contributed by atoms with E-state index in [4.69, 9.17) is 21.1 Å². The van der Waals surface area contributed by atoms with Crippen LogP contribution in [0.3, 0.4) is 0 Å². The number of benzene rings is 2. The van der Waals surface area contributed by atoms with Gasteiger partial charge in [0.15, 0.2) is 17.3 Å².